The molecular formula is C17H27N. The molecule has 1 nitrogen and oxygen atoms in total. The maximum absolute atomic E-state index is 2.66. The van der Waals surface area contributed by atoms with Gasteiger partial charge in [-0.2, -0.15) is 0 Å². The van der Waals surface area contributed by atoms with E-state index in [0.717, 1.165) is 5.92 Å². The fourth-order valence-electron chi connectivity index (χ4n) is 3.01. The second-order valence-corrected chi connectivity index (χ2v) is 6.79. The molecule has 0 amide bonds. The minimum absolute atomic E-state index is 0.440. The normalized spacial score (nSPS) is 23.9. The second kappa shape index (κ2) is 5.44. The van der Waals surface area contributed by atoms with Crippen LogP contribution < -0.4 is 0 Å². The standard InChI is InChI=1S/C17H27N/c1-14(15-9-6-5-7-10-15)18-12-8-11-16(13-18)17(2,3)4/h5-7,9-10,14,16H,8,11-13H2,1-4H3. The van der Waals surface area contributed by atoms with E-state index in [2.05, 4.69) is 62.9 Å². The average Bonchev–Trinajstić information content (AvgIpc) is 2.38. The van der Waals surface area contributed by atoms with Crippen molar-refractivity contribution in [1.82, 2.24) is 4.90 Å². The summed E-state index contributed by atoms with van der Waals surface area (Å²) in [6.45, 7) is 12.0. The summed E-state index contributed by atoms with van der Waals surface area (Å²) >= 11 is 0. The van der Waals surface area contributed by atoms with Gasteiger partial charge in [-0.25, -0.2) is 0 Å². The molecule has 0 aromatic heterocycles. The highest BCUT2D eigenvalue weighted by atomic mass is 15.2. The highest BCUT2D eigenvalue weighted by molar-refractivity contribution is 5.18. The molecule has 0 N–H and O–H groups in total. The zero-order valence-corrected chi connectivity index (χ0v) is 12.3. The number of benzene rings is 1. The molecular weight excluding hydrogens is 218 g/mol. The van der Waals surface area contributed by atoms with Crippen molar-refractivity contribution in [2.45, 2.75) is 46.6 Å². The van der Waals surface area contributed by atoms with Gasteiger partial charge in [0.25, 0.3) is 0 Å². The lowest BCUT2D eigenvalue weighted by Gasteiger charge is -2.42. The van der Waals surface area contributed by atoms with E-state index in [1.807, 2.05) is 0 Å². The van der Waals surface area contributed by atoms with Crippen LogP contribution in [0.2, 0.25) is 0 Å². The van der Waals surface area contributed by atoms with Crippen LogP contribution in [-0.4, -0.2) is 18.0 Å². The topological polar surface area (TPSA) is 3.24 Å². The highest BCUT2D eigenvalue weighted by Gasteiger charge is 2.31. The number of piperidine rings is 1. The molecule has 18 heavy (non-hydrogen) atoms. The third kappa shape index (κ3) is 3.14. The summed E-state index contributed by atoms with van der Waals surface area (Å²) in [5.74, 6) is 0.831. The van der Waals surface area contributed by atoms with Gasteiger partial charge >= 0.3 is 0 Å². The van der Waals surface area contributed by atoms with E-state index in [4.69, 9.17) is 0 Å². The van der Waals surface area contributed by atoms with Crippen molar-refractivity contribution in [2.24, 2.45) is 11.3 Å². The molecule has 100 valence electrons. The Labute approximate surface area is 112 Å². The Morgan fingerprint density at radius 3 is 2.44 bits per heavy atom. The Kier molecular flexibility index (Phi) is 4.11. The smallest absolute Gasteiger partial charge is 0.0319 e. The quantitative estimate of drug-likeness (QED) is 0.741. The molecule has 2 rings (SSSR count). The van der Waals surface area contributed by atoms with Gasteiger partial charge < -0.3 is 0 Å². The molecule has 1 heteroatoms. The summed E-state index contributed by atoms with van der Waals surface area (Å²) in [6, 6.07) is 11.5. The van der Waals surface area contributed by atoms with Crippen molar-refractivity contribution in [3.63, 3.8) is 0 Å². The van der Waals surface area contributed by atoms with Crippen LogP contribution in [0, 0.1) is 11.3 Å². The predicted molar refractivity (Wildman–Crippen MR) is 78.6 cm³/mol. The zero-order chi connectivity index (χ0) is 13.2. The van der Waals surface area contributed by atoms with Crippen molar-refractivity contribution >= 4 is 0 Å². The minimum atomic E-state index is 0.440. The summed E-state index contributed by atoms with van der Waals surface area (Å²) < 4.78 is 0. The van der Waals surface area contributed by atoms with Crippen LogP contribution in [0.1, 0.15) is 52.1 Å². The van der Waals surface area contributed by atoms with Crippen LogP contribution in [0.5, 0.6) is 0 Å². The van der Waals surface area contributed by atoms with Gasteiger partial charge in [-0.15, -0.1) is 0 Å². The lowest BCUT2D eigenvalue weighted by atomic mass is 9.76. The van der Waals surface area contributed by atoms with Gasteiger partial charge in [-0.05, 0) is 43.2 Å². The fraction of sp³-hybridized carbons (Fsp3) is 0.647. The largest absolute Gasteiger partial charge is 0.296 e. The summed E-state index contributed by atoms with van der Waals surface area (Å²) in [7, 11) is 0. The van der Waals surface area contributed by atoms with Gasteiger partial charge in [0, 0.05) is 12.6 Å². The van der Waals surface area contributed by atoms with E-state index >= 15 is 0 Å². The first kappa shape index (κ1) is 13.6. The minimum Gasteiger partial charge on any atom is -0.296 e. The first-order chi connectivity index (χ1) is 8.48. The van der Waals surface area contributed by atoms with E-state index in [1.165, 1.54) is 31.5 Å². The van der Waals surface area contributed by atoms with E-state index in [-0.39, 0.29) is 0 Å². The molecule has 2 unspecified atom stereocenters. The average molecular weight is 245 g/mol. The molecule has 1 saturated heterocycles. The van der Waals surface area contributed by atoms with E-state index < -0.39 is 0 Å². The Morgan fingerprint density at radius 1 is 1.17 bits per heavy atom. The van der Waals surface area contributed by atoms with Gasteiger partial charge in [0.15, 0.2) is 0 Å². The summed E-state index contributed by atoms with van der Waals surface area (Å²) in [5, 5.41) is 0. The lowest BCUT2D eigenvalue weighted by molar-refractivity contribution is 0.0732. The van der Waals surface area contributed by atoms with Crippen LogP contribution in [0.25, 0.3) is 0 Å². The number of hydrogen-bond donors (Lipinski definition) is 0. The Hall–Kier alpha value is -0.820. The van der Waals surface area contributed by atoms with Crippen LogP contribution in [-0.2, 0) is 0 Å². The van der Waals surface area contributed by atoms with Gasteiger partial charge in [-0.1, -0.05) is 51.1 Å². The third-order valence-electron chi connectivity index (χ3n) is 4.51. The Bertz CT molecular complexity index is 363. The fourth-order valence-corrected chi connectivity index (χ4v) is 3.01. The molecule has 2 atom stereocenters. The maximum atomic E-state index is 2.66. The van der Waals surface area contributed by atoms with Crippen molar-refractivity contribution < 1.29 is 0 Å². The van der Waals surface area contributed by atoms with Crippen molar-refractivity contribution in [3.8, 4) is 0 Å². The maximum Gasteiger partial charge on any atom is 0.0319 e. The van der Waals surface area contributed by atoms with Crippen molar-refractivity contribution in [2.75, 3.05) is 13.1 Å². The molecule has 0 aliphatic carbocycles. The first-order valence-corrected chi connectivity index (χ1v) is 7.27. The van der Waals surface area contributed by atoms with Crippen LogP contribution >= 0.6 is 0 Å². The van der Waals surface area contributed by atoms with E-state index in [9.17, 15) is 0 Å². The van der Waals surface area contributed by atoms with Crippen LogP contribution in [0.3, 0.4) is 0 Å². The second-order valence-electron chi connectivity index (χ2n) is 6.79. The Balaban J connectivity index is 2.05. The summed E-state index contributed by atoms with van der Waals surface area (Å²) in [4.78, 5) is 2.66. The SMILES string of the molecule is CC(c1ccccc1)N1CCCC(C(C)(C)C)C1. The molecule has 0 bridgehead atoms. The van der Waals surface area contributed by atoms with Crippen molar-refractivity contribution in [1.29, 1.82) is 0 Å². The molecule has 1 heterocycles. The molecule has 1 aliphatic heterocycles. The van der Waals surface area contributed by atoms with E-state index in [1.54, 1.807) is 0 Å². The molecule has 1 aromatic rings. The number of likely N-dealkylation sites (tertiary alicyclic amines) is 1. The van der Waals surface area contributed by atoms with Gasteiger partial charge in [0.2, 0.25) is 0 Å². The number of rotatable bonds is 2. The molecule has 0 saturated carbocycles. The molecule has 0 radical (unpaired) electrons. The third-order valence-corrected chi connectivity index (χ3v) is 4.51. The molecule has 1 fully saturated rings. The highest BCUT2D eigenvalue weighted by Crippen LogP contribution is 2.35. The van der Waals surface area contributed by atoms with Crippen LogP contribution in [0.4, 0.5) is 0 Å². The zero-order valence-electron chi connectivity index (χ0n) is 12.3. The molecule has 1 aromatic carbocycles. The van der Waals surface area contributed by atoms with Gasteiger partial charge in [0.1, 0.15) is 0 Å². The lowest BCUT2D eigenvalue weighted by Crippen LogP contribution is -2.41. The summed E-state index contributed by atoms with van der Waals surface area (Å²) in [5.41, 5.74) is 1.89. The Morgan fingerprint density at radius 2 is 1.83 bits per heavy atom. The first-order valence-electron chi connectivity index (χ1n) is 7.27. The van der Waals surface area contributed by atoms with Gasteiger partial charge in [0.05, 0.1) is 0 Å². The monoisotopic (exact) mass is 245 g/mol. The van der Waals surface area contributed by atoms with Crippen molar-refractivity contribution in [3.05, 3.63) is 35.9 Å². The number of nitrogens with zero attached hydrogens (tertiary/aromatic N) is 1. The predicted octanol–water partition coefficient (Wildman–Crippen LogP) is 4.51. The summed E-state index contributed by atoms with van der Waals surface area (Å²) in [6.07, 6.45) is 2.74. The molecule has 0 spiro atoms. The molecule has 1 aliphatic rings. The van der Waals surface area contributed by atoms with Crippen LogP contribution in [0.15, 0.2) is 30.3 Å². The number of hydrogen-bond acceptors (Lipinski definition) is 1. The van der Waals surface area contributed by atoms with E-state index in [0.29, 0.717) is 11.5 Å². The van der Waals surface area contributed by atoms with Gasteiger partial charge in [-0.3, -0.25) is 4.90 Å².